The molecule has 1 atom stereocenters. The summed E-state index contributed by atoms with van der Waals surface area (Å²) in [7, 11) is 4.21. The molecule has 1 unspecified atom stereocenters. The van der Waals surface area contributed by atoms with Gasteiger partial charge >= 0.3 is 5.97 Å². The maximum atomic E-state index is 12.6. The number of non-ortho nitro benzene ring substituents is 1. The first-order chi connectivity index (χ1) is 13.4. The van der Waals surface area contributed by atoms with Gasteiger partial charge in [0.1, 0.15) is 0 Å². The van der Waals surface area contributed by atoms with Crippen molar-refractivity contribution in [2.24, 2.45) is 0 Å². The monoisotopic (exact) mass is 388 g/mol. The molecule has 0 saturated carbocycles. The minimum absolute atomic E-state index is 0.101. The van der Waals surface area contributed by atoms with E-state index in [1.807, 2.05) is 0 Å². The summed E-state index contributed by atoms with van der Waals surface area (Å²) in [5, 5.41) is 13.6. The fraction of sp³-hybridized carbons (Fsp3) is 0.263. The van der Waals surface area contributed by atoms with Crippen molar-refractivity contribution in [2.75, 3.05) is 21.3 Å². The highest BCUT2D eigenvalue weighted by Crippen LogP contribution is 2.31. The number of amides is 1. The van der Waals surface area contributed by atoms with Crippen molar-refractivity contribution in [3.05, 3.63) is 63.7 Å². The van der Waals surface area contributed by atoms with Gasteiger partial charge < -0.3 is 19.5 Å². The predicted molar refractivity (Wildman–Crippen MR) is 99.5 cm³/mol. The molecule has 2 aromatic rings. The number of esters is 1. The molecule has 0 spiro atoms. The van der Waals surface area contributed by atoms with Crippen LogP contribution in [0.15, 0.2) is 42.5 Å². The molecule has 0 heterocycles. The number of nitrogens with one attached hydrogen (secondary N) is 1. The van der Waals surface area contributed by atoms with Crippen molar-refractivity contribution in [3.63, 3.8) is 0 Å². The molecule has 9 heteroatoms. The number of hydrogen-bond donors (Lipinski definition) is 1. The van der Waals surface area contributed by atoms with E-state index in [9.17, 15) is 19.7 Å². The number of hydrogen-bond acceptors (Lipinski definition) is 7. The largest absolute Gasteiger partial charge is 0.493 e. The first-order valence-corrected chi connectivity index (χ1v) is 8.23. The van der Waals surface area contributed by atoms with Crippen LogP contribution < -0.4 is 14.8 Å². The summed E-state index contributed by atoms with van der Waals surface area (Å²) in [6.07, 6.45) is -0.132. The molecular formula is C19H20N2O7. The first-order valence-electron chi connectivity index (χ1n) is 8.23. The fourth-order valence-corrected chi connectivity index (χ4v) is 2.57. The van der Waals surface area contributed by atoms with E-state index in [0.717, 1.165) is 0 Å². The van der Waals surface area contributed by atoms with Crippen LogP contribution in [-0.2, 0) is 9.53 Å². The Kier molecular flexibility index (Phi) is 6.91. The van der Waals surface area contributed by atoms with Crippen molar-refractivity contribution < 1.29 is 28.7 Å². The van der Waals surface area contributed by atoms with Gasteiger partial charge in [-0.15, -0.1) is 0 Å². The lowest BCUT2D eigenvalue weighted by molar-refractivity contribution is -0.384. The molecule has 0 aliphatic heterocycles. The molecular weight excluding hydrogens is 368 g/mol. The van der Waals surface area contributed by atoms with E-state index in [4.69, 9.17) is 14.2 Å². The Hall–Kier alpha value is -3.62. The molecule has 0 radical (unpaired) electrons. The Labute approximate surface area is 161 Å². The Morgan fingerprint density at radius 1 is 1.07 bits per heavy atom. The molecule has 148 valence electrons. The second kappa shape index (κ2) is 9.36. The molecule has 0 saturated heterocycles. The first kappa shape index (κ1) is 20.7. The summed E-state index contributed by atoms with van der Waals surface area (Å²) >= 11 is 0. The number of rotatable bonds is 8. The summed E-state index contributed by atoms with van der Waals surface area (Å²) in [6, 6.07) is 9.56. The molecule has 1 N–H and O–H groups in total. The third-order valence-electron chi connectivity index (χ3n) is 4.03. The number of benzene rings is 2. The normalized spacial score (nSPS) is 11.2. The standard InChI is InChI=1S/C19H20N2O7/c1-26-16-8-7-12(10-17(16)27-2)15(11-18(22)28-3)20-19(23)13-5-4-6-14(9-13)21(24)25/h4-10,15H,11H2,1-3H3,(H,20,23). The maximum absolute atomic E-state index is 12.6. The van der Waals surface area contributed by atoms with Crippen molar-refractivity contribution >= 4 is 17.6 Å². The molecule has 2 aromatic carbocycles. The van der Waals surface area contributed by atoms with Gasteiger partial charge in [-0.25, -0.2) is 0 Å². The van der Waals surface area contributed by atoms with E-state index in [-0.39, 0.29) is 17.7 Å². The van der Waals surface area contributed by atoms with Gasteiger partial charge in [0.05, 0.1) is 38.7 Å². The molecule has 2 rings (SSSR count). The molecule has 28 heavy (non-hydrogen) atoms. The van der Waals surface area contributed by atoms with Gasteiger partial charge in [-0.05, 0) is 23.8 Å². The van der Waals surface area contributed by atoms with Crippen LogP contribution >= 0.6 is 0 Å². The highest BCUT2D eigenvalue weighted by molar-refractivity contribution is 5.95. The number of carbonyl (C=O) groups is 2. The minimum Gasteiger partial charge on any atom is -0.493 e. The summed E-state index contributed by atoms with van der Waals surface area (Å²) in [5.41, 5.74) is 0.481. The summed E-state index contributed by atoms with van der Waals surface area (Å²) in [5.74, 6) is -0.168. The lowest BCUT2D eigenvalue weighted by atomic mass is 10.0. The molecule has 0 aliphatic rings. The Balaban J connectivity index is 2.33. The van der Waals surface area contributed by atoms with Crippen LogP contribution in [0.4, 0.5) is 5.69 Å². The van der Waals surface area contributed by atoms with Gasteiger partial charge in [0.15, 0.2) is 11.5 Å². The maximum Gasteiger partial charge on any atom is 0.307 e. The van der Waals surface area contributed by atoms with Crippen LogP contribution in [-0.4, -0.2) is 38.1 Å². The minimum atomic E-state index is -0.737. The predicted octanol–water partition coefficient (Wildman–Crippen LogP) is 2.65. The molecule has 1 amide bonds. The van der Waals surface area contributed by atoms with Gasteiger partial charge in [0.2, 0.25) is 0 Å². The van der Waals surface area contributed by atoms with Gasteiger partial charge in [-0.1, -0.05) is 12.1 Å². The van der Waals surface area contributed by atoms with E-state index < -0.39 is 22.8 Å². The van der Waals surface area contributed by atoms with Crippen LogP contribution in [0.5, 0.6) is 11.5 Å². The topological polar surface area (TPSA) is 117 Å². The number of nitro groups is 1. The van der Waals surface area contributed by atoms with Gasteiger partial charge in [0, 0.05) is 17.7 Å². The summed E-state index contributed by atoms with van der Waals surface area (Å²) in [4.78, 5) is 34.8. The van der Waals surface area contributed by atoms with Crippen molar-refractivity contribution in [1.82, 2.24) is 5.32 Å². The van der Waals surface area contributed by atoms with Crippen molar-refractivity contribution in [2.45, 2.75) is 12.5 Å². The van der Waals surface area contributed by atoms with Gasteiger partial charge in [-0.2, -0.15) is 0 Å². The highest BCUT2D eigenvalue weighted by atomic mass is 16.6. The Bertz CT molecular complexity index is 882. The van der Waals surface area contributed by atoms with Crippen LogP contribution in [0.3, 0.4) is 0 Å². The second-order valence-corrected chi connectivity index (χ2v) is 5.73. The van der Waals surface area contributed by atoms with Crippen LogP contribution in [0.25, 0.3) is 0 Å². The summed E-state index contributed by atoms with van der Waals surface area (Å²) < 4.78 is 15.2. The lowest BCUT2D eigenvalue weighted by Crippen LogP contribution is -2.30. The molecule has 0 fully saturated rings. The van der Waals surface area contributed by atoms with Crippen LogP contribution in [0.1, 0.15) is 28.4 Å². The quantitative estimate of drug-likeness (QED) is 0.420. The van der Waals surface area contributed by atoms with Crippen LogP contribution in [0, 0.1) is 10.1 Å². The van der Waals surface area contributed by atoms with Crippen LogP contribution in [0.2, 0.25) is 0 Å². The van der Waals surface area contributed by atoms with Crippen molar-refractivity contribution in [1.29, 1.82) is 0 Å². The average Bonchev–Trinajstić information content (AvgIpc) is 2.72. The van der Waals surface area contributed by atoms with E-state index in [2.05, 4.69) is 5.32 Å². The number of methoxy groups -OCH3 is 3. The third kappa shape index (κ3) is 4.97. The summed E-state index contributed by atoms with van der Waals surface area (Å²) in [6.45, 7) is 0. The lowest BCUT2D eigenvalue weighted by Gasteiger charge is -2.20. The van der Waals surface area contributed by atoms with E-state index >= 15 is 0 Å². The van der Waals surface area contributed by atoms with Gasteiger partial charge in [0.25, 0.3) is 11.6 Å². The molecule has 9 nitrogen and oxygen atoms in total. The molecule has 0 aliphatic carbocycles. The van der Waals surface area contributed by atoms with Gasteiger partial charge in [-0.3, -0.25) is 19.7 Å². The van der Waals surface area contributed by atoms with E-state index in [1.165, 1.54) is 45.6 Å². The zero-order valence-electron chi connectivity index (χ0n) is 15.6. The van der Waals surface area contributed by atoms with E-state index in [1.54, 1.807) is 18.2 Å². The zero-order chi connectivity index (χ0) is 20.7. The highest BCUT2D eigenvalue weighted by Gasteiger charge is 2.22. The second-order valence-electron chi connectivity index (χ2n) is 5.73. The number of carbonyl (C=O) groups excluding carboxylic acids is 2. The number of nitrogens with zero attached hydrogens (tertiary/aromatic N) is 1. The SMILES string of the molecule is COC(=O)CC(NC(=O)c1cccc([N+](=O)[O-])c1)c1ccc(OC)c(OC)c1. The third-order valence-corrected chi connectivity index (χ3v) is 4.03. The fourth-order valence-electron chi connectivity index (χ4n) is 2.57. The smallest absolute Gasteiger partial charge is 0.307 e. The Morgan fingerprint density at radius 3 is 2.39 bits per heavy atom. The van der Waals surface area contributed by atoms with E-state index in [0.29, 0.717) is 17.1 Å². The zero-order valence-corrected chi connectivity index (χ0v) is 15.6. The number of ether oxygens (including phenoxy) is 3. The average molecular weight is 388 g/mol. The molecule has 0 aromatic heterocycles. The Morgan fingerprint density at radius 2 is 1.79 bits per heavy atom. The number of nitro benzene ring substituents is 1. The van der Waals surface area contributed by atoms with Crippen molar-refractivity contribution in [3.8, 4) is 11.5 Å². The molecule has 0 bridgehead atoms.